The van der Waals surface area contributed by atoms with Gasteiger partial charge in [0, 0.05) is 19.3 Å². The third kappa shape index (κ3) is 4.56. The first kappa shape index (κ1) is 17.4. The third-order valence-corrected chi connectivity index (χ3v) is 4.90. The molecule has 2 heterocycles. The fourth-order valence-corrected chi connectivity index (χ4v) is 3.25. The van der Waals surface area contributed by atoms with Gasteiger partial charge in [0.25, 0.3) is 5.91 Å². The zero-order chi connectivity index (χ0) is 17.6. The lowest BCUT2D eigenvalue weighted by atomic mass is 9.90. The summed E-state index contributed by atoms with van der Waals surface area (Å²) < 4.78 is 5.19. The molecule has 1 aromatic heterocycles. The van der Waals surface area contributed by atoms with Crippen molar-refractivity contribution in [2.24, 2.45) is 5.92 Å². The number of hydrogen-bond donors (Lipinski definition) is 0. The van der Waals surface area contributed by atoms with Crippen molar-refractivity contribution in [3.63, 3.8) is 0 Å². The first-order valence-corrected chi connectivity index (χ1v) is 8.86. The van der Waals surface area contributed by atoms with E-state index in [4.69, 9.17) is 4.74 Å². The van der Waals surface area contributed by atoms with E-state index < -0.39 is 0 Å². The Balaban J connectivity index is 1.46. The number of amides is 1. The Morgan fingerprint density at radius 3 is 2.48 bits per heavy atom. The molecule has 5 nitrogen and oxygen atoms in total. The molecule has 0 spiro atoms. The number of aromatic nitrogens is 2. The highest BCUT2D eigenvalue weighted by Gasteiger charge is 2.24. The zero-order valence-corrected chi connectivity index (χ0v) is 14.9. The highest BCUT2D eigenvalue weighted by molar-refractivity contribution is 5.92. The second-order valence-corrected chi connectivity index (χ2v) is 6.67. The lowest BCUT2D eigenvalue weighted by Gasteiger charge is -2.31. The van der Waals surface area contributed by atoms with Crippen LogP contribution in [0.25, 0.3) is 0 Å². The van der Waals surface area contributed by atoms with E-state index in [0.717, 1.165) is 43.8 Å². The minimum atomic E-state index is 0.00102. The summed E-state index contributed by atoms with van der Waals surface area (Å²) >= 11 is 0. The molecule has 1 fully saturated rings. The lowest BCUT2D eigenvalue weighted by molar-refractivity contribution is 0.0680. The Labute approximate surface area is 149 Å². The van der Waals surface area contributed by atoms with Crippen LogP contribution in [0.15, 0.2) is 36.7 Å². The Hall–Kier alpha value is -2.43. The van der Waals surface area contributed by atoms with Crippen molar-refractivity contribution in [2.75, 3.05) is 20.2 Å². The Morgan fingerprint density at radius 2 is 1.88 bits per heavy atom. The molecule has 132 valence electrons. The highest BCUT2D eigenvalue weighted by Crippen LogP contribution is 2.24. The summed E-state index contributed by atoms with van der Waals surface area (Å²) in [5.74, 6) is 1.58. The van der Waals surface area contributed by atoms with Gasteiger partial charge in [0.2, 0.25) is 0 Å². The van der Waals surface area contributed by atoms with E-state index in [1.165, 1.54) is 12.0 Å². The minimum Gasteiger partial charge on any atom is -0.497 e. The van der Waals surface area contributed by atoms with Gasteiger partial charge in [-0.25, -0.2) is 4.98 Å². The molecule has 1 aromatic carbocycles. The predicted octanol–water partition coefficient (Wildman–Crippen LogP) is 3.28. The van der Waals surface area contributed by atoms with E-state index in [1.54, 1.807) is 19.5 Å². The van der Waals surface area contributed by atoms with Gasteiger partial charge in [-0.1, -0.05) is 12.1 Å². The van der Waals surface area contributed by atoms with Gasteiger partial charge in [0.15, 0.2) is 0 Å². The molecule has 0 aliphatic carbocycles. The second kappa shape index (κ2) is 8.10. The lowest BCUT2D eigenvalue weighted by Crippen LogP contribution is -2.39. The van der Waals surface area contributed by atoms with Crippen LogP contribution >= 0.6 is 0 Å². The molecule has 5 heteroatoms. The van der Waals surface area contributed by atoms with Gasteiger partial charge in [-0.2, -0.15) is 0 Å². The molecular formula is C20H25N3O2. The number of methoxy groups -OCH3 is 1. The Kier molecular flexibility index (Phi) is 5.64. The van der Waals surface area contributed by atoms with Crippen molar-refractivity contribution in [3.05, 3.63) is 53.6 Å². The summed E-state index contributed by atoms with van der Waals surface area (Å²) in [4.78, 5) is 22.7. The summed E-state index contributed by atoms with van der Waals surface area (Å²) in [7, 11) is 1.69. The summed E-state index contributed by atoms with van der Waals surface area (Å²) in [6, 6.07) is 8.29. The van der Waals surface area contributed by atoms with E-state index >= 15 is 0 Å². The molecule has 2 aromatic rings. The van der Waals surface area contributed by atoms with Gasteiger partial charge >= 0.3 is 0 Å². The van der Waals surface area contributed by atoms with Gasteiger partial charge in [-0.3, -0.25) is 9.78 Å². The van der Waals surface area contributed by atoms with E-state index in [2.05, 4.69) is 22.1 Å². The quantitative estimate of drug-likeness (QED) is 0.839. The topological polar surface area (TPSA) is 55.3 Å². The Bertz CT molecular complexity index is 690. The molecule has 0 saturated carbocycles. The standard InChI is InChI=1S/C20H25N3O2/c1-15-13-22-19(14-21-15)20(24)23-11-9-17(10-12-23)4-3-16-5-7-18(25-2)8-6-16/h5-8,13-14,17H,3-4,9-12H2,1-2H3. The van der Waals surface area contributed by atoms with Crippen molar-refractivity contribution < 1.29 is 9.53 Å². The van der Waals surface area contributed by atoms with E-state index in [-0.39, 0.29) is 5.91 Å². The normalized spacial score (nSPS) is 15.2. The van der Waals surface area contributed by atoms with Gasteiger partial charge in [0.05, 0.1) is 19.0 Å². The van der Waals surface area contributed by atoms with Crippen LogP contribution in [0.5, 0.6) is 5.75 Å². The number of hydrogen-bond acceptors (Lipinski definition) is 4. The first-order valence-electron chi connectivity index (χ1n) is 8.86. The number of likely N-dealkylation sites (tertiary alicyclic amines) is 1. The van der Waals surface area contributed by atoms with E-state index in [1.807, 2.05) is 24.0 Å². The van der Waals surface area contributed by atoms with E-state index in [0.29, 0.717) is 11.6 Å². The maximum atomic E-state index is 12.5. The monoisotopic (exact) mass is 339 g/mol. The molecule has 25 heavy (non-hydrogen) atoms. The number of nitrogens with zero attached hydrogens (tertiary/aromatic N) is 3. The van der Waals surface area contributed by atoms with Crippen LogP contribution in [0.3, 0.4) is 0 Å². The number of benzene rings is 1. The van der Waals surface area contributed by atoms with Crippen molar-refractivity contribution >= 4 is 5.91 Å². The maximum absolute atomic E-state index is 12.5. The average Bonchev–Trinajstić information content (AvgIpc) is 2.67. The molecule has 1 saturated heterocycles. The largest absolute Gasteiger partial charge is 0.497 e. The number of rotatable bonds is 5. The average molecular weight is 339 g/mol. The van der Waals surface area contributed by atoms with Crippen LogP contribution in [0, 0.1) is 12.8 Å². The van der Waals surface area contributed by atoms with Crippen LogP contribution in [0.1, 0.15) is 41.0 Å². The number of ether oxygens (including phenoxy) is 1. The smallest absolute Gasteiger partial charge is 0.274 e. The van der Waals surface area contributed by atoms with Crippen molar-refractivity contribution in [1.82, 2.24) is 14.9 Å². The van der Waals surface area contributed by atoms with Crippen LogP contribution in [0.4, 0.5) is 0 Å². The molecule has 0 unspecified atom stereocenters. The number of aryl methyl sites for hydroxylation is 2. The molecule has 0 atom stereocenters. The minimum absolute atomic E-state index is 0.00102. The fraction of sp³-hybridized carbons (Fsp3) is 0.450. The summed E-state index contributed by atoms with van der Waals surface area (Å²) in [6.07, 6.45) is 7.58. The van der Waals surface area contributed by atoms with Crippen LogP contribution in [-0.2, 0) is 6.42 Å². The Morgan fingerprint density at radius 1 is 1.16 bits per heavy atom. The molecule has 1 aliphatic rings. The van der Waals surface area contributed by atoms with Crippen molar-refractivity contribution in [3.8, 4) is 5.75 Å². The number of carbonyl (C=O) groups excluding carboxylic acids is 1. The van der Waals surface area contributed by atoms with Crippen LogP contribution in [-0.4, -0.2) is 41.0 Å². The fourth-order valence-electron chi connectivity index (χ4n) is 3.25. The van der Waals surface area contributed by atoms with Gasteiger partial charge < -0.3 is 9.64 Å². The molecule has 0 radical (unpaired) electrons. The molecule has 0 bridgehead atoms. The van der Waals surface area contributed by atoms with E-state index in [9.17, 15) is 4.79 Å². The molecule has 1 amide bonds. The van der Waals surface area contributed by atoms with Crippen LogP contribution < -0.4 is 4.74 Å². The summed E-state index contributed by atoms with van der Waals surface area (Å²) in [5, 5.41) is 0. The van der Waals surface area contributed by atoms with Gasteiger partial charge in [-0.15, -0.1) is 0 Å². The van der Waals surface area contributed by atoms with Gasteiger partial charge in [0.1, 0.15) is 11.4 Å². The SMILES string of the molecule is COc1ccc(CCC2CCN(C(=O)c3cnc(C)cn3)CC2)cc1. The zero-order valence-electron chi connectivity index (χ0n) is 14.9. The molecular weight excluding hydrogens is 314 g/mol. The van der Waals surface area contributed by atoms with Crippen molar-refractivity contribution in [1.29, 1.82) is 0 Å². The summed E-state index contributed by atoms with van der Waals surface area (Å²) in [5.41, 5.74) is 2.62. The highest BCUT2D eigenvalue weighted by atomic mass is 16.5. The maximum Gasteiger partial charge on any atom is 0.274 e. The van der Waals surface area contributed by atoms with Gasteiger partial charge in [-0.05, 0) is 56.2 Å². The van der Waals surface area contributed by atoms with Crippen LogP contribution in [0.2, 0.25) is 0 Å². The second-order valence-electron chi connectivity index (χ2n) is 6.67. The van der Waals surface area contributed by atoms with Crippen molar-refractivity contribution in [2.45, 2.75) is 32.6 Å². The molecule has 1 aliphatic heterocycles. The number of carbonyl (C=O) groups is 1. The predicted molar refractivity (Wildman–Crippen MR) is 96.7 cm³/mol. The molecule has 0 N–H and O–H groups in total. The first-order chi connectivity index (χ1) is 12.2. The molecule has 3 rings (SSSR count). The summed E-state index contributed by atoms with van der Waals surface area (Å²) in [6.45, 7) is 3.49. The third-order valence-electron chi connectivity index (χ3n) is 4.90. The number of piperidine rings is 1.